The zero-order chi connectivity index (χ0) is 17.5. The molecule has 3 aliphatic rings. The van der Waals surface area contributed by atoms with Crippen molar-refractivity contribution < 1.29 is 24.2 Å². The topological polar surface area (TPSA) is 76.1 Å². The SMILES string of the molecule is C/C=C1\C[C@@H](C)[C@@](C)(O)C(=O)OC[C@@H]2CCN3CC[C@@H](OC1=O)[C@@H]23. The van der Waals surface area contributed by atoms with E-state index < -0.39 is 17.5 Å². The highest BCUT2D eigenvalue weighted by Crippen LogP contribution is 2.36. The summed E-state index contributed by atoms with van der Waals surface area (Å²) in [6, 6.07) is 0.113. The van der Waals surface area contributed by atoms with Crippen LogP contribution >= 0.6 is 0 Å². The largest absolute Gasteiger partial charge is 0.463 e. The summed E-state index contributed by atoms with van der Waals surface area (Å²) in [4.78, 5) is 27.3. The van der Waals surface area contributed by atoms with Gasteiger partial charge in [0, 0.05) is 18.0 Å². The van der Waals surface area contributed by atoms with Crippen LogP contribution in [0.2, 0.25) is 0 Å². The summed E-state index contributed by atoms with van der Waals surface area (Å²) in [7, 11) is 0. The van der Waals surface area contributed by atoms with Gasteiger partial charge in [0.1, 0.15) is 6.10 Å². The lowest BCUT2D eigenvalue weighted by molar-refractivity contribution is -0.172. The molecule has 3 heterocycles. The van der Waals surface area contributed by atoms with Crippen LogP contribution in [0.5, 0.6) is 0 Å². The number of nitrogens with zero attached hydrogens (tertiary/aromatic N) is 1. The summed E-state index contributed by atoms with van der Waals surface area (Å²) in [5.41, 5.74) is -1.12. The fourth-order valence-electron chi connectivity index (χ4n) is 4.11. The van der Waals surface area contributed by atoms with Crippen LogP contribution in [0.1, 0.15) is 40.0 Å². The van der Waals surface area contributed by atoms with Gasteiger partial charge in [-0.25, -0.2) is 9.59 Å². The Morgan fingerprint density at radius 2 is 2.00 bits per heavy atom. The van der Waals surface area contributed by atoms with Crippen molar-refractivity contribution in [1.29, 1.82) is 0 Å². The van der Waals surface area contributed by atoms with Gasteiger partial charge in [-0.3, -0.25) is 4.90 Å². The second-order valence-electron chi connectivity index (χ2n) is 7.47. The molecule has 3 fully saturated rings. The molecule has 6 nitrogen and oxygen atoms in total. The van der Waals surface area contributed by atoms with Crippen molar-refractivity contribution in [1.82, 2.24) is 4.90 Å². The molecule has 3 saturated heterocycles. The molecule has 0 spiro atoms. The Bertz CT molecular complexity index is 556. The number of carbonyl (C=O) groups is 2. The molecule has 134 valence electrons. The van der Waals surface area contributed by atoms with Gasteiger partial charge in [0.15, 0.2) is 5.60 Å². The Morgan fingerprint density at radius 3 is 2.71 bits per heavy atom. The smallest absolute Gasteiger partial charge is 0.338 e. The Morgan fingerprint density at radius 1 is 1.29 bits per heavy atom. The minimum absolute atomic E-state index is 0.113. The zero-order valence-electron chi connectivity index (χ0n) is 14.7. The quantitative estimate of drug-likeness (QED) is 0.530. The molecule has 0 aromatic carbocycles. The van der Waals surface area contributed by atoms with E-state index in [2.05, 4.69) is 4.90 Å². The Labute approximate surface area is 142 Å². The fraction of sp³-hybridized carbons (Fsp3) is 0.778. The van der Waals surface area contributed by atoms with E-state index in [1.807, 2.05) is 0 Å². The summed E-state index contributed by atoms with van der Waals surface area (Å²) in [5.74, 6) is -1.23. The van der Waals surface area contributed by atoms with E-state index >= 15 is 0 Å². The van der Waals surface area contributed by atoms with E-state index in [0.29, 0.717) is 5.57 Å². The normalized spacial score (nSPS) is 42.9. The van der Waals surface area contributed by atoms with Gasteiger partial charge in [0.05, 0.1) is 12.6 Å². The minimum Gasteiger partial charge on any atom is -0.463 e. The summed E-state index contributed by atoms with van der Waals surface area (Å²) in [6.07, 6.45) is 3.59. The maximum absolute atomic E-state index is 12.6. The van der Waals surface area contributed by atoms with Crippen molar-refractivity contribution in [3.05, 3.63) is 11.6 Å². The third-order valence-electron chi connectivity index (χ3n) is 5.97. The third-order valence-corrected chi connectivity index (χ3v) is 5.97. The van der Waals surface area contributed by atoms with Crippen LogP contribution in [0.4, 0.5) is 0 Å². The second-order valence-corrected chi connectivity index (χ2v) is 7.47. The van der Waals surface area contributed by atoms with Crippen LogP contribution < -0.4 is 0 Å². The first kappa shape index (κ1) is 17.4. The molecule has 1 N–H and O–H groups in total. The molecular formula is C18H27NO5. The highest BCUT2D eigenvalue weighted by atomic mass is 16.6. The average Bonchev–Trinajstić information content (AvgIpc) is 3.12. The zero-order valence-corrected chi connectivity index (χ0v) is 14.7. The number of esters is 2. The molecule has 24 heavy (non-hydrogen) atoms. The van der Waals surface area contributed by atoms with Crippen molar-refractivity contribution >= 4 is 11.9 Å². The molecule has 0 aromatic rings. The molecular weight excluding hydrogens is 310 g/mol. The van der Waals surface area contributed by atoms with E-state index in [1.165, 1.54) is 6.92 Å². The number of ether oxygens (including phenoxy) is 2. The van der Waals surface area contributed by atoms with Crippen LogP contribution in [0.3, 0.4) is 0 Å². The first-order valence-corrected chi connectivity index (χ1v) is 8.84. The van der Waals surface area contributed by atoms with Gasteiger partial charge in [-0.1, -0.05) is 13.0 Å². The van der Waals surface area contributed by atoms with Crippen LogP contribution in [0, 0.1) is 11.8 Å². The molecule has 5 atom stereocenters. The molecule has 0 aliphatic carbocycles. The monoisotopic (exact) mass is 337 g/mol. The lowest BCUT2D eigenvalue weighted by atomic mass is 9.85. The number of hydrogen-bond donors (Lipinski definition) is 1. The Hall–Kier alpha value is -1.40. The number of allylic oxidation sites excluding steroid dienone is 1. The van der Waals surface area contributed by atoms with Crippen molar-refractivity contribution in [3.8, 4) is 0 Å². The summed E-state index contributed by atoms with van der Waals surface area (Å²) in [5, 5.41) is 10.6. The van der Waals surface area contributed by atoms with Gasteiger partial charge in [-0.2, -0.15) is 0 Å². The molecule has 0 saturated carbocycles. The lowest BCUT2D eigenvalue weighted by Crippen LogP contribution is -2.46. The highest BCUT2D eigenvalue weighted by molar-refractivity contribution is 5.89. The number of carbonyl (C=O) groups excluding carboxylic acids is 2. The van der Waals surface area contributed by atoms with E-state index in [-0.39, 0.29) is 37.1 Å². The highest BCUT2D eigenvalue weighted by Gasteiger charge is 2.48. The Kier molecular flexibility index (Phi) is 4.71. The molecule has 3 rings (SSSR count). The van der Waals surface area contributed by atoms with Gasteiger partial charge in [-0.05, 0) is 45.6 Å². The number of cyclic esters (lactones) is 1. The average molecular weight is 337 g/mol. The molecule has 0 bridgehead atoms. The standard InChI is InChI=1S/C18H27NO5/c1-4-12-9-11(2)18(3,22)17(21)23-10-13-5-7-19-8-6-14(15(13)19)24-16(12)20/h4,11,13-15,22H,5-10H2,1-3H3/b12-4+/t11-,13+,14-,15-,18-/m1/s1. The van der Waals surface area contributed by atoms with E-state index in [0.717, 1.165) is 25.9 Å². The summed E-state index contributed by atoms with van der Waals surface area (Å²) < 4.78 is 11.3. The van der Waals surface area contributed by atoms with Crippen molar-refractivity contribution in [3.63, 3.8) is 0 Å². The number of rotatable bonds is 0. The number of hydrogen-bond acceptors (Lipinski definition) is 6. The predicted octanol–water partition coefficient (Wildman–Crippen LogP) is 1.27. The molecule has 0 aromatic heterocycles. The maximum atomic E-state index is 12.6. The third kappa shape index (κ3) is 2.97. The van der Waals surface area contributed by atoms with E-state index in [9.17, 15) is 14.7 Å². The van der Waals surface area contributed by atoms with Crippen molar-refractivity contribution in [2.24, 2.45) is 11.8 Å². The Balaban J connectivity index is 1.89. The second kappa shape index (κ2) is 6.48. The molecule has 3 aliphatic heterocycles. The van der Waals surface area contributed by atoms with Gasteiger partial charge in [0.2, 0.25) is 0 Å². The fourth-order valence-corrected chi connectivity index (χ4v) is 4.11. The van der Waals surface area contributed by atoms with Gasteiger partial charge >= 0.3 is 11.9 Å². The molecule has 0 unspecified atom stereocenters. The van der Waals surface area contributed by atoms with E-state index in [4.69, 9.17) is 9.47 Å². The van der Waals surface area contributed by atoms with Crippen LogP contribution in [0.15, 0.2) is 11.6 Å². The maximum Gasteiger partial charge on any atom is 0.338 e. The number of aliphatic hydroxyl groups is 1. The molecule has 0 radical (unpaired) electrons. The first-order valence-electron chi connectivity index (χ1n) is 8.84. The van der Waals surface area contributed by atoms with Gasteiger partial charge in [-0.15, -0.1) is 0 Å². The van der Waals surface area contributed by atoms with Crippen molar-refractivity contribution in [2.45, 2.75) is 57.8 Å². The summed E-state index contributed by atoms with van der Waals surface area (Å²) >= 11 is 0. The minimum atomic E-state index is -1.62. The van der Waals surface area contributed by atoms with Gasteiger partial charge in [0.25, 0.3) is 0 Å². The van der Waals surface area contributed by atoms with Crippen molar-refractivity contribution in [2.75, 3.05) is 19.7 Å². The van der Waals surface area contributed by atoms with Gasteiger partial charge < -0.3 is 14.6 Å². The first-order chi connectivity index (χ1) is 11.3. The van der Waals surface area contributed by atoms with Crippen LogP contribution in [0.25, 0.3) is 0 Å². The molecule has 0 amide bonds. The lowest BCUT2D eigenvalue weighted by Gasteiger charge is -2.32. The van der Waals surface area contributed by atoms with E-state index in [1.54, 1.807) is 19.9 Å². The van der Waals surface area contributed by atoms with Crippen LogP contribution in [-0.4, -0.2) is 59.4 Å². The molecule has 6 heteroatoms. The van der Waals surface area contributed by atoms with Crippen LogP contribution in [-0.2, 0) is 19.1 Å². The predicted molar refractivity (Wildman–Crippen MR) is 87.1 cm³/mol. The summed E-state index contributed by atoms with van der Waals surface area (Å²) in [6.45, 7) is 7.11.